The third-order valence-electron chi connectivity index (χ3n) is 5.26. The summed E-state index contributed by atoms with van der Waals surface area (Å²) in [6.45, 7) is 4.23. The maximum atomic E-state index is 12.5. The standard InChI is InChI=1S/C20H28N2O2/c1-13(2)15-10-6-7-11-18(15)22-20(24)17-12-16(17)19(23)21-14-8-4-3-5-9-14/h6-7,10-11,13-14,16-17H,3-5,8-9,12H2,1-2H3,(H,21,23)(H,22,24). The van der Waals surface area contributed by atoms with E-state index in [-0.39, 0.29) is 23.7 Å². The van der Waals surface area contributed by atoms with E-state index in [1.54, 1.807) is 0 Å². The molecule has 0 heterocycles. The zero-order valence-corrected chi connectivity index (χ0v) is 14.7. The van der Waals surface area contributed by atoms with Crippen LogP contribution >= 0.6 is 0 Å². The molecule has 2 atom stereocenters. The largest absolute Gasteiger partial charge is 0.353 e. The molecule has 2 fully saturated rings. The van der Waals surface area contributed by atoms with Gasteiger partial charge in [0, 0.05) is 11.7 Å². The molecule has 0 saturated heterocycles. The van der Waals surface area contributed by atoms with Crippen molar-refractivity contribution in [2.75, 3.05) is 5.32 Å². The van der Waals surface area contributed by atoms with Crippen molar-refractivity contribution in [2.24, 2.45) is 11.8 Å². The van der Waals surface area contributed by atoms with E-state index in [9.17, 15) is 9.59 Å². The lowest BCUT2D eigenvalue weighted by Gasteiger charge is -2.22. The van der Waals surface area contributed by atoms with E-state index >= 15 is 0 Å². The second kappa shape index (κ2) is 7.37. The van der Waals surface area contributed by atoms with Gasteiger partial charge in [0.1, 0.15) is 0 Å². The number of benzene rings is 1. The zero-order chi connectivity index (χ0) is 17.1. The van der Waals surface area contributed by atoms with Crippen molar-refractivity contribution in [3.8, 4) is 0 Å². The lowest BCUT2D eigenvalue weighted by Crippen LogP contribution is -2.37. The van der Waals surface area contributed by atoms with Gasteiger partial charge >= 0.3 is 0 Å². The molecule has 2 aliphatic carbocycles. The van der Waals surface area contributed by atoms with E-state index in [0.717, 1.165) is 24.1 Å². The Bertz CT molecular complexity index is 605. The van der Waals surface area contributed by atoms with Gasteiger partial charge in [-0.05, 0) is 36.8 Å². The molecule has 0 radical (unpaired) electrons. The Morgan fingerprint density at radius 2 is 1.67 bits per heavy atom. The highest BCUT2D eigenvalue weighted by Gasteiger charge is 2.48. The van der Waals surface area contributed by atoms with E-state index in [0.29, 0.717) is 18.4 Å². The predicted molar refractivity (Wildman–Crippen MR) is 95.8 cm³/mol. The van der Waals surface area contributed by atoms with Crippen LogP contribution in [0.2, 0.25) is 0 Å². The van der Waals surface area contributed by atoms with Crippen molar-refractivity contribution >= 4 is 17.5 Å². The molecule has 1 aromatic carbocycles. The number of nitrogens with one attached hydrogen (secondary N) is 2. The van der Waals surface area contributed by atoms with Gasteiger partial charge in [0.05, 0.1) is 11.8 Å². The predicted octanol–water partition coefficient (Wildman–Crippen LogP) is 3.83. The SMILES string of the molecule is CC(C)c1ccccc1NC(=O)C1CC1C(=O)NC1CCCCC1. The van der Waals surface area contributed by atoms with Crippen LogP contribution in [-0.4, -0.2) is 17.9 Å². The number of carbonyl (C=O) groups is 2. The minimum Gasteiger partial charge on any atom is -0.353 e. The van der Waals surface area contributed by atoms with Gasteiger partial charge in [0.15, 0.2) is 0 Å². The lowest BCUT2D eigenvalue weighted by molar-refractivity contribution is -0.126. The molecule has 2 N–H and O–H groups in total. The molecule has 2 unspecified atom stereocenters. The zero-order valence-electron chi connectivity index (χ0n) is 14.7. The summed E-state index contributed by atoms with van der Waals surface area (Å²) in [6, 6.07) is 8.22. The highest BCUT2D eigenvalue weighted by Crippen LogP contribution is 2.40. The molecule has 130 valence electrons. The van der Waals surface area contributed by atoms with Crippen molar-refractivity contribution in [1.82, 2.24) is 5.32 Å². The van der Waals surface area contributed by atoms with Crippen LogP contribution in [0.4, 0.5) is 5.69 Å². The van der Waals surface area contributed by atoms with Crippen LogP contribution in [0.1, 0.15) is 63.9 Å². The van der Waals surface area contributed by atoms with E-state index < -0.39 is 0 Å². The summed E-state index contributed by atoms with van der Waals surface area (Å²) in [6.07, 6.45) is 6.51. The average molecular weight is 328 g/mol. The molecule has 3 rings (SSSR count). The Labute approximate surface area is 144 Å². The fourth-order valence-corrected chi connectivity index (χ4v) is 3.67. The molecular weight excluding hydrogens is 300 g/mol. The van der Waals surface area contributed by atoms with Crippen LogP contribution < -0.4 is 10.6 Å². The normalized spacial score (nSPS) is 23.8. The fourth-order valence-electron chi connectivity index (χ4n) is 3.67. The molecule has 2 aliphatic rings. The first-order chi connectivity index (χ1) is 11.6. The molecule has 0 aromatic heterocycles. The molecule has 0 aliphatic heterocycles. The van der Waals surface area contributed by atoms with E-state index in [2.05, 4.69) is 24.5 Å². The van der Waals surface area contributed by atoms with Crippen molar-refractivity contribution < 1.29 is 9.59 Å². The minimum absolute atomic E-state index is 0.0214. The van der Waals surface area contributed by atoms with Gasteiger partial charge in [-0.2, -0.15) is 0 Å². The van der Waals surface area contributed by atoms with Gasteiger partial charge in [0.2, 0.25) is 11.8 Å². The smallest absolute Gasteiger partial charge is 0.228 e. The highest BCUT2D eigenvalue weighted by atomic mass is 16.2. The molecule has 4 heteroatoms. The number of hydrogen-bond acceptors (Lipinski definition) is 2. The molecule has 2 saturated carbocycles. The summed E-state index contributed by atoms with van der Waals surface area (Å²) < 4.78 is 0. The molecule has 4 nitrogen and oxygen atoms in total. The molecule has 24 heavy (non-hydrogen) atoms. The van der Waals surface area contributed by atoms with Gasteiger partial charge in [-0.15, -0.1) is 0 Å². The minimum atomic E-state index is -0.172. The Hall–Kier alpha value is -1.84. The van der Waals surface area contributed by atoms with Crippen LogP contribution in [0, 0.1) is 11.8 Å². The summed E-state index contributed by atoms with van der Waals surface area (Å²) in [5.41, 5.74) is 2.01. The Kier molecular flexibility index (Phi) is 5.22. The van der Waals surface area contributed by atoms with Crippen LogP contribution in [0.5, 0.6) is 0 Å². The second-order valence-corrected chi connectivity index (χ2v) is 7.52. The summed E-state index contributed by atoms with van der Waals surface area (Å²) >= 11 is 0. The van der Waals surface area contributed by atoms with Gasteiger partial charge in [-0.3, -0.25) is 9.59 Å². The summed E-state index contributed by atoms with van der Waals surface area (Å²) in [4.78, 5) is 24.8. The summed E-state index contributed by atoms with van der Waals surface area (Å²) in [5, 5.41) is 6.16. The number of amides is 2. The van der Waals surface area contributed by atoms with Gasteiger partial charge in [0.25, 0.3) is 0 Å². The number of hydrogen-bond donors (Lipinski definition) is 2. The highest BCUT2D eigenvalue weighted by molar-refractivity contribution is 6.00. The number of para-hydroxylation sites is 1. The topological polar surface area (TPSA) is 58.2 Å². The van der Waals surface area contributed by atoms with Gasteiger partial charge in [-0.1, -0.05) is 51.3 Å². The number of anilines is 1. The third-order valence-corrected chi connectivity index (χ3v) is 5.26. The first-order valence-corrected chi connectivity index (χ1v) is 9.26. The average Bonchev–Trinajstić information content (AvgIpc) is 3.37. The first-order valence-electron chi connectivity index (χ1n) is 9.26. The maximum Gasteiger partial charge on any atom is 0.228 e. The quantitative estimate of drug-likeness (QED) is 0.863. The maximum absolute atomic E-state index is 12.5. The summed E-state index contributed by atoms with van der Waals surface area (Å²) in [5.74, 6) is 0.0872. The van der Waals surface area contributed by atoms with Gasteiger partial charge < -0.3 is 10.6 Å². The lowest BCUT2D eigenvalue weighted by atomic mass is 9.95. The summed E-state index contributed by atoms with van der Waals surface area (Å²) in [7, 11) is 0. The molecule has 2 amide bonds. The van der Waals surface area contributed by atoms with E-state index in [1.807, 2.05) is 24.3 Å². The second-order valence-electron chi connectivity index (χ2n) is 7.52. The van der Waals surface area contributed by atoms with Crippen molar-refractivity contribution in [1.29, 1.82) is 0 Å². The molecular formula is C20H28N2O2. The van der Waals surface area contributed by atoms with Crippen molar-refractivity contribution in [2.45, 2.75) is 64.3 Å². The van der Waals surface area contributed by atoms with E-state index in [1.165, 1.54) is 19.3 Å². The molecule has 0 bridgehead atoms. The van der Waals surface area contributed by atoms with Crippen molar-refractivity contribution in [3.05, 3.63) is 29.8 Å². The van der Waals surface area contributed by atoms with Crippen LogP contribution in [-0.2, 0) is 9.59 Å². The Morgan fingerprint density at radius 3 is 2.38 bits per heavy atom. The third kappa shape index (κ3) is 3.97. The fraction of sp³-hybridized carbons (Fsp3) is 0.600. The van der Waals surface area contributed by atoms with Crippen LogP contribution in [0.15, 0.2) is 24.3 Å². The monoisotopic (exact) mass is 328 g/mol. The molecule has 0 spiro atoms. The number of carbonyl (C=O) groups excluding carboxylic acids is 2. The Balaban J connectivity index is 1.53. The van der Waals surface area contributed by atoms with E-state index in [4.69, 9.17) is 0 Å². The van der Waals surface area contributed by atoms with Crippen LogP contribution in [0.25, 0.3) is 0 Å². The van der Waals surface area contributed by atoms with Crippen LogP contribution in [0.3, 0.4) is 0 Å². The number of rotatable bonds is 5. The van der Waals surface area contributed by atoms with Crippen molar-refractivity contribution in [3.63, 3.8) is 0 Å². The van der Waals surface area contributed by atoms with Gasteiger partial charge in [-0.25, -0.2) is 0 Å². The Morgan fingerprint density at radius 1 is 1.00 bits per heavy atom. The molecule has 1 aromatic rings. The first kappa shape index (κ1) is 17.0.